The first-order chi connectivity index (χ1) is 5.11. The Balaban J connectivity index is 3.26. The number of carbonyl (C=O) groups is 1. The Labute approximate surface area is 62.4 Å². The predicted molar refractivity (Wildman–Crippen MR) is 38.0 cm³/mol. The number of rotatable bonds is 1. The van der Waals surface area contributed by atoms with Gasteiger partial charge in [0.05, 0.1) is 0 Å². The van der Waals surface area contributed by atoms with Gasteiger partial charge in [-0.2, -0.15) is 5.10 Å². The zero-order valence-electron chi connectivity index (χ0n) is 5.94. The second-order valence-electron chi connectivity index (χ2n) is 2.04. The van der Waals surface area contributed by atoms with Gasteiger partial charge in [-0.25, -0.2) is 4.68 Å². The molecule has 2 N–H and O–H groups in total. The van der Waals surface area contributed by atoms with Crippen LogP contribution in [-0.4, -0.2) is 15.7 Å². The van der Waals surface area contributed by atoms with Crippen LogP contribution >= 0.6 is 0 Å². The predicted octanol–water partition coefficient (Wildman–Crippen LogP) is -1.12. The molecule has 1 aromatic rings. The maximum atomic E-state index is 10.7. The fourth-order valence-electron chi connectivity index (χ4n) is 0.634. The Kier molecular flexibility index (Phi) is 1.72. The molecule has 1 rings (SSSR count). The highest BCUT2D eigenvalue weighted by Crippen LogP contribution is 1.85. The molecular weight excluding hydrogens is 146 g/mol. The SMILES string of the molecule is Cn1nc(C(N)=O)ccc1=O. The van der Waals surface area contributed by atoms with E-state index in [0.29, 0.717) is 0 Å². The highest BCUT2D eigenvalue weighted by molar-refractivity contribution is 5.90. The number of hydrogen-bond donors (Lipinski definition) is 1. The van der Waals surface area contributed by atoms with Crippen molar-refractivity contribution in [1.29, 1.82) is 0 Å². The fraction of sp³-hybridized carbons (Fsp3) is 0.167. The van der Waals surface area contributed by atoms with Gasteiger partial charge < -0.3 is 5.73 Å². The highest BCUT2D eigenvalue weighted by atomic mass is 16.1. The van der Waals surface area contributed by atoms with Crippen LogP contribution in [0.15, 0.2) is 16.9 Å². The molecule has 0 atom stereocenters. The van der Waals surface area contributed by atoms with Gasteiger partial charge >= 0.3 is 0 Å². The lowest BCUT2D eigenvalue weighted by Gasteiger charge is -1.96. The van der Waals surface area contributed by atoms with Crippen LogP contribution < -0.4 is 11.3 Å². The number of primary amides is 1. The maximum Gasteiger partial charge on any atom is 0.269 e. The number of nitrogens with zero attached hydrogens (tertiary/aromatic N) is 2. The average Bonchev–Trinajstić information content (AvgIpc) is 1.94. The van der Waals surface area contributed by atoms with E-state index in [2.05, 4.69) is 5.10 Å². The molecule has 0 bridgehead atoms. The molecule has 58 valence electrons. The fourth-order valence-corrected chi connectivity index (χ4v) is 0.634. The molecule has 5 nitrogen and oxygen atoms in total. The van der Waals surface area contributed by atoms with Gasteiger partial charge in [0.15, 0.2) is 0 Å². The molecule has 0 aromatic carbocycles. The molecular formula is C6H7N3O2. The molecule has 0 aliphatic rings. The van der Waals surface area contributed by atoms with E-state index in [-0.39, 0.29) is 11.3 Å². The summed E-state index contributed by atoms with van der Waals surface area (Å²) in [5.41, 5.74) is 4.74. The average molecular weight is 153 g/mol. The Morgan fingerprint density at radius 2 is 2.27 bits per heavy atom. The second-order valence-corrected chi connectivity index (χ2v) is 2.04. The Morgan fingerprint density at radius 1 is 1.64 bits per heavy atom. The van der Waals surface area contributed by atoms with Gasteiger partial charge in [0.25, 0.3) is 11.5 Å². The Morgan fingerprint density at radius 3 is 2.73 bits per heavy atom. The van der Waals surface area contributed by atoms with Crippen LogP contribution in [0.1, 0.15) is 10.5 Å². The van der Waals surface area contributed by atoms with Gasteiger partial charge in [-0.15, -0.1) is 0 Å². The van der Waals surface area contributed by atoms with Crippen LogP contribution in [-0.2, 0) is 7.05 Å². The zero-order chi connectivity index (χ0) is 8.43. The van der Waals surface area contributed by atoms with Crippen molar-refractivity contribution in [3.8, 4) is 0 Å². The first-order valence-corrected chi connectivity index (χ1v) is 2.95. The van der Waals surface area contributed by atoms with Crippen molar-refractivity contribution in [2.24, 2.45) is 12.8 Å². The van der Waals surface area contributed by atoms with E-state index in [1.54, 1.807) is 0 Å². The molecule has 5 heteroatoms. The molecule has 0 aliphatic carbocycles. The van der Waals surface area contributed by atoms with Gasteiger partial charge in [0.2, 0.25) is 0 Å². The van der Waals surface area contributed by atoms with E-state index in [0.717, 1.165) is 4.68 Å². The second kappa shape index (κ2) is 2.53. The van der Waals surface area contributed by atoms with E-state index in [4.69, 9.17) is 5.73 Å². The van der Waals surface area contributed by atoms with Gasteiger partial charge in [0, 0.05) is 13.1 Å². The monoisotopic (exact) mass is 153 g/mol. The lowest BCUT2D eigenvalue weighted by molar-refractivity contribution is 0.0993. The van der Waals surface area contributed by atoms with Crippen LogP contribution in [0.25, 0.3) is 0 Å². The zero-order valence-corrected chi connectivity index (χ0v) is 5.94. The van der Waals surface area contributed by atoms with Crippen molar-refractivity contribution in [2.75, 3.05) is 0 Å². The number of aryl methyl sites for hydroxylation is 1. The molecule has 1 amide bonds. The normalized spacial score (nSPS) is 9.55. The lowest BCUT2D eigenvalue weighted by atomic mass is 10.4. The van der Waals surface area contributed by atoms with Crippen LogP contribution in [0.2, 0.25) is 0 Å². The molecule has 1 aromatic heterocycles. The van der Waals surface area contributed by atoms with Crippen LogP contribution in [0.5, 0.6) is 0 Å². The number of carbonyl (C=O) groups excluding carboxylic acids is 1. The molecule has 0 saturated carbocycles. The van der Waals surface area contributed by atoms with E-state index in [1.807, 2.05) is 0 Å². The molecule has 0 unspecified atom stereocenters. The summed E-state index contributed by atoms with van der Waals surface area (Å²) in [6.07, 6.45) is 0. The quantitative estimate of drug-likeness (QED) is 0.555. The van der Waals surface area contributed by atoms with Gasteiger partial charge in [-0.1, -0.05) is 0 Å². The summed E-state index contributed by atoms with van der Waals surface area (Å²) in [5, 5.41) is 3.60. The van der Waals surface area contributed by atoms with Gasteiger partial charge in [-0.3, -0.25) is 9.59 Å². The van der Waals surface area contributed by atoms with Crippen LogP contribution in [0.4, 0.5) is 0 Å². The van der Waals surface area contributed by atoms with Gasteiger partial charge in [0.1, 0.15) is 5.69 Å². The van der Waals surface area contributed by atoms with E-state index >= 15 is 0 Å². The molecule has 0 fully saturated rings. The summed E-state index contributed by atoms with van der Waals surface area (Å²) in [5.74, 6) is -0.638. The van der Waals surface area contributed by atoms with E-state index in [9.17, 15) is 9.59 Å². The number of aromatic nitrogens is 2. The third-order valence-corrected chi connectivity index (χ3v) is 1.21. The minimum atomic E-state index is -0.638. The molecule has 0 radical (unpaired) electrons. The summed E-state index contributed by atoms with van der Waals surface area (Å²) < 4.78 is 1.06. The summed E-state index contributed by atoms with van der Waals surface area (Å²) in [4.78, 5) is 21.3. The minimum absolute atomic E-state index is 0.0899. The molecule has 1 heterocycles. The Bertz CT molecular complexity index is 342. The lowest BCUT2D eigenvalue weighted by Crippen LogP contribution is -2.23. The smallest absolute Gasteiger partial charge is 0.269 e. The van der Waals surface area contributed by atoms with Crippen LogP contribution in [0, 0.1) is 0 Å². The molecule has 0 spiro atoms. The summed E-state index contributed by atoms with van der Waals surface area (Å²) in [6.45, 7) is 0. The first-order valence-electron chi connectivity index (χ1n) is 2.95. The topological polar surface area (TPSA) is 78.0 Å². The van der Waals surface area contributed by atoms with E-state index in [1.165, 1.54) is 19.2 Å². The van der Waals surface area contributed by atoms with Gasteiger partial charge in [-0.05, 0) is 6.07 Å². The van der Waals surface area contributed by atoms with Crippen molar-refractivity contribution in [1.82, 2.24) is 9.78 Å². The largest absolute Gasteiger partial charge is 0.364 e. The van der Waals surface area contributed by atoms with Crippen molar-refractivity contribution in [3.63, 3.8) is 0 Å². The minimum Gasteiger partial charge on any atom is -0.364 e. The third kappa shape index (κ3) is 1.43. The Hall–Kier alpha value is -1.65. The first kappa shape index (κ1) is 7.46. The van der Waals surface area contributed by atoms with Crippen molar-refractivity contribution in [3.05, 3.63) is 28.2 Å². The van der Waals surface area contributed by atoms with Crippen molar-refractivity contribution in [2.45, 2.75) is 0 Å². The van der Waals surface area contributed by atoms with Crippen LogP contribution in [0.3, 0.4) is 0 Å². The standard InChI is InChI=1S/C6H7N3O2/c1-9-5(10)3-2-4(8-9)6(7)11/h2-3H,1H3,(H2,7,11). The molecule has 0 saturated heterocycles. The van der Waals surface area contributed by atoms with Crippen molar-refractivity contribution >= 4 is 5.91 Å². The number of hydrogen-bond acceptors (Lipinski definition) is 3. The summed E-state index contributed by atoms with van der Waals surface area (Å²) in [7, 11) is 1.45. The highest BCUT2D eigenvalue weighted by Gasteiger charge is 2.01. The number of amides is 1. The number of nitrogens with two attached hydrogens (primary N) is 1. The molecule has 0 aliphatic heterocycles. The summed E-state index contributed by atoms with van der Waals surface area (Å²) in [6, 6.07) is 2.54. The molecule has 11 heavy (non-hydrogen) atoms. The maximum absolute atomic E-state index is 10.7. The van der Waals surface area contributed by atoms with E-state index < -0.39 is 5.91 Å². The summed E-state index contributed by atoms with van der Waals surface area (Å²) >= 11 is 0. The third-order valence-electron chi connectivity index (χ3n) is 1.21. The van der Waals surface area contributed by atoms with Crippen molar-refractivity contribution < 1.29 is 4.79 Å².